The van der Waals surface area contributed by atoms with Crippen molar-refractivity contribution in [1.82, 2.24) is 9.13 Å². The second-order valence-electron chi connectivity index (χ2n) is 5.29. The lowest BCUT2D eigenvalue weighted by molar-refractivity contribution is -0.118. The standard InChI is InChI=1S/C16H15N3O3S/c1-10-7-12-14(21)18(8-11-5-3-2-4-6-11)16(22)19(9-13(17)20)15(12)23-10/h2-7H,8-9H2,1H3,(H2,17,20). The number of hydrogen-bond acceptors (Lipinski definition) is 4. The van der Waals surface area contributed by atoms with Gasteiger partial charge in [0.15, 0.2) is 0 Å². The van der Waals surface area contributed by atoms with Crippen molar-refractivity contribution in [2.45, 2.75) is 20.0 Å². The van der Waals surface area contributed by atoms with Crippen LogP contribution in [-0.4, -0.2) is 15.0 Å². The summed E-state index contributed by atoms with van der Waals surface area (Å²) in [5.74, 6) is -0.621. The maximum absolute atomic E-state index is 12.7. The molecule has 2 N–H and O–H groups in total. The highest BCUT2D eigenvalue weighted by atomic mass is 32.1. The van der Waals surface area contributed by atoms with E-state index in [-0.39, 0.29) is 18.6 Å². The van der Waals surface area contributed by atoms with E-state index in [2.05, 4.69) is 0 Å². The molecule has 1 aromatic carbocycles. The third-order valence-electron chi connectivity index (χ3n) is 3.52. The minimum Gasteiger partial charge on any atom is -0.368 e. The number of fused-ring (bicyclic) bond motifs is 1. The zero-order valence-corrected chi connectivity index (χ0v) is 13.3. The number of aryl methyl sites for hydroxylation is 1. The molecule has 6 nitrogen and oxygen atoms in total. The highest BCUT2D eigenvalue weighted by Crippen LogP contribution is 2.21. The molecule has 2 aromatic heterocycles. The predicted molar refractivity (Wildman–Crippen MR) is 89.8 cm³/mol. The Morgan fingerprint density at radius 2 is 1.87 bits per heavy atom. The van der Waals surface area contributed by atoms with E-state index in [9.17, 15) is 14.4 Å². The largest absolute Gasteiger partial charge is 0.368 e. The fourth-order valence-corrected chi connectivity index (χ4v) is 3.51. The topological polar surface area (TPSA) is 87.1 Å². The zero-order valence-electron chi connectivity index (χ0n) is 12.5. The summed E-state index contributed by atoms with van der Waals surface area (Å²) in [6.45, 7) is 1.76. The number of carbonyl (C=O) groups excluding carboxylic acids is 1. The predicted octanol–water partition coefficient (Wildman–Crippen LogP) is 1.07. The van der Waals surface area contributed by atoms with Gasteiger partial charge in [-0.1, -0.05) is 30.3 Å². The Labute approximate surface area is 135 Å². The maximum atomic E-state index is 12.7. The number of hydrogen-bond donors (Lipinski definition) is 1. The first-order chi connectivity index (χ1) is 11.0. The highest BCUT2D eigenvalue weighted by Gasteiger charge is 2.16. The Morgan fingerprint density at radius 1 is 1.17 bits per heavy atom. The van der Waals surface area contributed by atoms with E-state index < -0.39 is 11.6 Å². The van der Waals surface area contributed by atoms with Gasteiger partial charge in [0.05, 0.1) is 11.9 Å². The van der Waals surface area contributed by atoms with E-state index in [1.54, 1.807) is 6.07 Å². The molecule has 0 fully saturated rings. The van der Waals surface area contributed by atoms with Gasteiger partial charge in [-0.15, -0.1) is 11.3 Å². The molecule has 118 valence electrons. The van der Waals surface area contributed by atoms with Crippen molar-refractivity contribution in [2.24, 2.45) is 5.73 Å². The molecule has 0 aliphatic heterocycles. The molecule has 0 saturated carbocycles. The first-order valence-corrected chi connectivity index (χ1v) is 7.85. The average molecular weight is 329 g/mol. The molecule has 3 rings (SSSR count). The number of amides is 1. The Kier molecular flexibility index (Phi) is 3.87. The van der Waals surface area contributed by atoms with Crippen LogP contribution in [-0.2, 0) is 17.9 Å². The van der Waals surface area contributed by atoms with Crippen molar-refractivity contribution in [2.75, 3.05) is 0 Å². The molecule has 3 aromatic rings. The lowest BCUT2D eigenvalue weighted by atomic mass is 10.2. The minimum atomic E-state index is -0.621. The van der Waals surface area contributed by atoms with Crippen molar-refractivity contribution in [3.63, 3.8) is 0 Å². The van der Waals surface area contributed by atoms with Crippen molar-refractivity contribution in [3.05, 3.63) is 67.7 Å². The first-order valence-electron chi connectivity index (χ1n) is 7.03. The van der Waals surface area contributed by atoms with E-state index in [0.29, 0.717) is 10.2 Å². The molecule has 0 unspecified atom stereocenters. The van der Waals surface area contributed by atoms with Crippen LogP contribution in [0.25, 0.3) is 10.2 Å². The van der Waals surface area contributed by atoms with Crippen LogP contribution in [0, 0.1) is 6.92 Å². The third-order valence-corrected chi connectivity index (χ3v) is 4.59. The highest BCUT2D eigenvalue weighted by molar-refractivity contribution is 7.18. The summed E-state index contributed by atoms with van der Waals surface area (Å²) < 4.78 is 2.42. The van der Waals surface area contributed by atoms with E-state index >= 15 is 0 Å². The number of nitrogens with zero attached hydrogens (tertiary/aromatic N) is 2. The van der Waals surface area contributed by atoms with Gasteiger partial charge in [0.1, 0.15) is 11.4 Å². The number of nitrogens with two attached hydrogens (primary N) is 1. The van der Waals surface area contributed by atoms with Gasteiger partial charge in [-0.3, -0.25) is 18.7 Å². The molecule has 0 atom stereocenters. The molecular formula is C16H15N3O3S. The van der Waals surface area contributed by atoms with Gasteiger partial charge in [-0.25, -0.2) is 4.79 Å². The van der Waals surface area contributed by atoms with E-state index in [4.69, 9.17) is 5.73 Å². The summed E-state index contributed by atoms with van der Waals surface area (Å²) in [6.07, 6.45) is 0. The Balaban J connectivity index is 2.27. The van der Waals surface area contributed by atoms with E-state index in [0.717, 1.165) is 15.0 Å². The van der Waals surface area contributed by atoms with Crippen LogP contribution in [0.5, 0.6) is 0 Å². The molecule has 0 spiro atoms. The van der Waals surface area contributed by atoms with Gasteiger partial charge in [0.2, 0.25) is 5.91 Å². The van der Waals surface area contributed by atoms with Crippen LogP contribution < -0.4 is 17.0 Å². The number of rotatable bonds is 4. The molecule has 0 saturated heterocycles. The van der Waals surface area contributed by atoms with Crippen molar-refractivity contribution >= 4 is 27.5 Å². The van der Waals surface area contributed by atoms with Gasteiger partial charge in [0, 0.05) is 4.88 Å². The molecule has 2 heterocycles. The fraction of sp³-hybridized carbons (Fsp3) is 0.188. The lowest BCUT2D eigenvalue weighted by Gasteiger charge is -2.10. The summed E-state index contributed by atoms with van der Waals surface area (Å²) in [7, 11) is 0. The molecule has 0 aliphatic rings. The SMILES string of the molecule is Cc1cc2c(=O)n(Cc3ccccc3)c(=O)n(CC(N)=O)c2s1. The lowest BCUT2D eigenvalue weighted by Crippen LogP contribution is -2.41. The molecule has 0 aliphatic carbocycles. The van der Waals surface area contributed by atoms with Crippen LogP contribution in [0.3, 0.4) is 0 Å². The maximum Gasteiger partial charge on any atom is 0.332 e. The summed E-state index contributed by atoms with van der Waals surface area (Å²) in [6, 6.07) is 11.0. The van der Waals surface area contributed by atoms with Gasteiger partial charge in [-0.05, 0) is 18.6 Å². The number of benzene rings is 1. The zero-order chi connectivity index (χ0) is 16.6. The van der Waals surface area contributed by atoms with Crippen molar-refractivity contribution in [3.8, 4) is 0 Å². The first kappa shape index (κ1) is 15.2. The van der Waals surface area contributed by atoms with Gasteiger partial charge in [-0.2, -0.15) is 0 Å². The van der Waals surface area contributed by atoms with Gasteiger partial charge in [0.25, 0.3) is 5.56 Å². The Hall–Kier alpha value is -2.67. The second kappa shape index (κ2) is 5.85. The summed E-state index contributed by atoms with van der Waals surface area (Å²) in [5, 5.41) is 0.435. The fourth-order valence-electron chi connectivity index (χ4n) is 2.52. The molecule has 0 radical (unpaired) electrons. The van der Waals surface area contributed by atoms with Crippen LogP contribution in [0.1, 0.15) is 10.4 Å². The summed E-state index contributed by atoms with van der Waals surface area (Å²) in [4.78, 5) is 38.0. The molecule has 1 amide bonds. The smallest absolute Gasteiger partial charge is 0.332 e. The number of aromatic nitrogens is 2. The van der Waals surface area contributed by atoms with Crippen LogP contribution in [0.2, 0.25) is 0 Å². The average Bonchev–Trinajstić information content (AvgIpc) is 2.91. The van der Waals surface area contributed by atoms with E-state index in [1.165, 1.54) is 15.9 Å². The Bertz CT molecular complexity index is 999. The quantitative estimate of drug-likeness (QED) is 0.776. The van der Waals surface area contributed by atoms with Crippen LogP contribution in [0.15, 0.2) is 46.0 Å². The van der Waals surface area contributed by atoms with Crippen LogP contribution >= 0.6 is 11.3 Å². The van der Waals surface area contributed by atoms with Gasteiger partial charge < -0.3 is 5.73 Å². The third kappa shape index (κ3) is 2.83. The normalized spacial score (nSPS) is 11.0. The number of primary amides is 1. The van der Waals surface area contributed by atoms with Crippen LogP contribution in [0.4, 0.5) is 0 Å². The second-order valence-corrected chi connectivity index (χ2v) is 6.52. The molecule has 23 heavy (non-hydrogen) atoms. The summed E-state index contributed by atoms with van der Waals surface area (Å²) in [5.41, 5.74) is 5.22. The number of carbonyl (C=O) groups is 1. The number of thiophene rings is 1. The monoisotopic (exact) mass is 329 g/mol. The Morgan fingerprint density at radius 3 is 2.52 bits per heavy atom. The van der Waals surface area contributed by atoms with Crippen molar-refractivity contribution < 1.29 is 4.79 Å². The molecular weight excluding hydrogens is 314 g/mol. The van der Waals surface area contributed by atoms with Crippen molar-refractivity contribution in [1.29, 1.82) is 0 Å². The molecule has 0 bridgehead atoms. The van der Waals surface area contributed by atoms with Gasteiger partial charge >= 0.3 is 5.69 Å². The summed E-state index contributed by atoms with van der Waals surface area (Å²) >= 11 is 1.31. The van der Waals surface area contributed by atoms with E-state index in [1.807, 2.05) is 37.3 Å². The molecule has 7 heteroatoms. The minimum absolute atomic E-state index is 0.155.